The maximum atomic E-state index is 12.9. The fourth-order valence-corrected chi connectivity index (χ4v) is 3.35. The van der Waals surface area contributed by atoms with Crippen molar-refractivity contribution in [3.63, 3.8) is 0 Å². The van der Waals surface area contributed by atoms with E-state index in [1.165, 1.54) is 14.2 Å². The molecule has 2 atom stereocenters. The quantitative estimate of drug-likeness (QED) is 0.848. The zero-order valence-corrected chi connectivity index (χ0v) is 15.1. The first-order valence-electron chi connectivity index (χ1n) is 7.95. The smallest absolute Gasteiger partial charge is 0.229 e. The topological polar surface area (TPSA) is 77.4 Å². The molecule has 0 radical (unpaired) electrons. The van der Waals surface area contributed by atoms with Crippen molar-refractivity contribution in [3.8, 4) is 11.5 Å². The largest absolute Gasteiger partial charge is 0.495 e. The molecule has 0 unspecified atom stereocenters. The van der Waals surface area contributed by atoms with E-state index >= 15 is 0 Å². The molecule has 1 aliphatic heterocycles. The van der Waals surface area contributed by atoms with Crippen molar-refractivity contribution in [2.75, 3.05) is 32.6 Å². The van der Waals surface area contributed by atoms with Crippen molar-refractivity contribution >= 4 is 23.2 Å². The Morgan fingerprint density at radius 2 is 2.08 bits per heavy atom. The third kappa shape index (κ3) is 3.57. The van der Waals surface area contributed by atoms with E-state index in [1.54, 1.807) is 16.8 Å². The summed E-state index contributed by atoms with van der Waals surface area (Å²) in [6, 6.07) is 3.29. The van der Waals surface area contributed by atoms with Crippen LogP contribution in [0.2, 0.25) is 5.02 Å². The molecule has 7 nitrogen and oxygen atoms in total. The summed E-state index contributed by atoms with van der Waals surface area (Å²) in [4.78, 5) is 12.9. The number of aromatic nitrogens is 2. The van der Waals surface area contributed by atoms with Crippen LogP contribution >= 0.6 is 11.6 Å². The first-order chi connectivity index (χ1) is 12.0. The number of amides is 1. The lowest BCUT2D eigenvalue weighted by molar-refractivity contribution is -0.119. The first kappa shape index (κ1) is 17.6. The number of hydrogen-bond acceptors (Lipinski definition) is 5. The number of nitrogens with zero attached hydrogens (tertiary/aromatic N) is 2. The van der Waals surface area contributed by atoms with Gasteiger partial charge < -0.3 is 20.1 Å². The Morgan fingerprint density at radius 3 is 2.72 bits per heavy atom. The van der Waals surface area contributed by atoms with E-state index in [-0.39, 0.29) is 17.7 Å². The second kappa shape index (κ2) is 7.33. The number of hydrogen-bond donors (Lipinski definition) is 2. The lowest BCUT2D eigenvalue weighted by Crippen LogP contribution is -2.28. The fraction of sp³-hybridized carbons (Fsp3) is 0.412. The van der Waals surface area contributed by atoms with Crippen LogP contribution in [0.4, 0.5) is 5.69 Å². The summed E-state index contributed by atoms with van der Waals surface area (Å²) in [6.07, 6.45) is 3.76. The zero-order valence-electron chi connectivity index (χ0n) is 14.4. The van der Waals surface area contributed by atoms with Crippen molar-refractivity contribution in [1.29, 1.82) is 0 Å². The summed E-state index contributed by atoms with van der Waals surface area (Å²) in [5.74, 6) is 0.764. The zero-order chi connectivity index (χ0) is 18.0. The van der Waals surface area contributed by atoms with Crippen molar-refractivity contribution in [2.24, 2.45) is 13.0 Å². The highest BCUT2D eigenvalue weighted by Crippen LogP contribution is 2.37. The van der Waals surface area contributed by atoms with E-state index in [0.717, 1.165) is 12.1 Å². The van der Waals surface area contributed by atoms with Crippen LogP contribution in [-0.2, 0) is 11.8 Å². The predicted octanol–water partition coefficient (Wildman–Crippen LogP) is 2.03. The summed E-state index contributed by atoms with van der Waals surface area (Å²) in [5.41, 5.74) is 1.58. The van der Waals surface area contributed by atoms with E-state index in [2.05, 4.69) is 15.7 Å². The summed E-state index contributed by atoms with van der Waals surface area (Å²) in [6.45, 7) is 1.35. The number of carbonyl (C=O) groups excluding carboxylic acids is 1. The third-order valence-corrected chi connectivity index (χ3v) is 4.73. The van der Waals surface area contributed by atoms with Gasteiger partial charge in [0.2, 0.25) is 5.91 Å². The lowest BCUT2D eigenvalue weighted by Gasteiger charge is -2.19. The highest BCUT2D eigenvalue weighted by atomic mass is 35.5. The number of rotatable bonds is 5. The Kier molecular flexibility index (Phi) is 5.15. The molecule has 1 aromatic heterocycles. The number of ether oxygens (including phenoxy) is 2. The minimum atomic E-state index is -0.199. The monoisotopic (exact) mass is 364 g/mol. The van der Waals surface area contributed by atoms with E-state index in [9.17, 15) is 4.79 Å². The van der Waals surface area contributed by atoms with Gasteiger partial charge in [0, 0.05) is 44.4 Å². The van der Waals surface area contributed by atoms with Crippen LogP contribution in [0.3, 0.4) is 0 Å². The van der Waals surface area contributed by atoms with Crippen LogP contribution in [0.15, 0.2) is 24.5 Å². The minimum Gasteiger partial charge on any atom is -0.495 e. The van der Waals surface area contributed by atoms with Gasteiger partial charge in [0.15, 0.2) is 0 Å². The highest BCUT2D eigenvalue weighted by Gasteiger charge is 2.35. The highest BCUT2D eigenvalue weighted by molar-refractivity contribution is 6.32. The SMILES string of the molecule is COc1cc(NC(=O)[C@H]2CNC[C@@H]2c2cnn(C)c2)c(OC)cc1Cl. The average Bonchev–Trinajstić information content (AvgIpc) is 3.24. The average molecular weight is 365 g/mol. The van der Waals surface area contributed by atoms with Crippen molar-refractivity contribution in [2.45, 2.75) is 5.92 Å². The summed E-state index contributed by atoms with van der Waals surface area (Å²) in [5, 5.41) is 10.9. The number of carbonyl (C=O) groups is 1. The Hall–Kier alpha value is -2.25. The van der Waals surface area contributed by atoms with Crippen molar-refractivity contribution in [1.82, 2.24) is 15.1 Å². The Labute approximate surface area is 151 Å². The maximum Gasteiger partial charge on any atom is 0.229 e. The molecule has 2 N–H and O–H groups in total. The van der Waals surface area contributed by atoms with Crippen LogP contribution < -0.4 is 20.1 Å². The molecule has 1 saturated heterocycles. The van der Waals surface area contributed by atoms with E-state index in [4.69, 9.17) is 21.1 Å². The molecular formula is C17H21ClN4O3. The number of methoxy groups -OCH3 is 2. The molecule has 0 saturated carbocycles. The van der Waals surface area contributed by atoms with Gasteiger partial charge in [0.25, 0.3) is 0 Å². The molecule has 1 aromatic carbocycles. The van der Waals surface area contributed by atoms with Gasteiger partial charge in [-0.2, -0.15) is 5.10 Å². The molecule has 0 aliphatic carbocycles. The van der Waals surface area contributed by atoms with Gasteiger partial charge in [-0.15, -0.1) is 0 Å². The van der Waals surface area contributed by atoms with Crippen LogP contribution in [-0.4, -0.2) is 43.0 Å². The van der Waals surface area contributed by atoms with E-state index < -0.39 is 0 Å². The Balaban J connectivity index is 1.82. The number of halogens is 1. The number of nitrogens with one attached hydrogen (secondary N) is 2. The molecule has 0 spiro atoms. The molecule has 2 aromatic rings. The van der Waals surface area contributed by atoms with Gasteiger partial charge in [-0.3, -0.25) is 9.48 Å². The molecule has 25 heavy (non-hydrogen) atoms. The van der Waals surface area contributed by atoms with E-state index in [1.807, 2.05) is 19.4 Å². The third-order valence-electron chi connectivity index (χ3n) is 4.44. The first-order valence-corrected chi connectivity index (χ1v) is 8.33. The van der Waals surface area contributed by atoms with Gasteiger partial charge in [-0.1, -0.05) is 11.6 Å². The molecule has 2 heterocycles. The number of benzene rings is 1. The maximum absolute atomic E-state index is 12.9. The molecule has 3 rings (SSSR count). The Bertz CT molecular complexity index is 777. The second-order valence-electron chi connectivity index (χ2n) is 5.99. The Morgan fingerprint density at radius 1 is 1.32 bits per heavy atom. The normalized spacial score (nSPS) is 19.7. The summed E-state index contributed by atoms with van der Waals surface area (Å²) >= 11 is 6.11. The lowest BCUT2D eigenvalue weighted by atomic mass is 9.90. The van der Waals surface area contributed by atoms with E-state index in [0.29, 0.717) is 28.8 Å². The van der Waals surface area contributed by atoms with Crippen LogP contribution in [0, 0.1) is 5.92 Å². The molecule has 8 heteroatoms. The molecule has 1 fully saturated rings. The summed E-state index contributed by atoms with van der Waals surface area (Å²) < 4.78 is 12.3. The van der Waals surface area contributed by atoms with Gasteiger partial charge in [-0.05, 0) is 5.56 Å². The van der Waals surface area contributed by atoms with Gasteiger partial charge in [-0.25, -0.2) is 0 Å². The van der Waals surface area contributed by atoms with Crippen molar-refractivity contribution in [3.05, 3.63) is 35.1 Å². The van der Waals surface area contributed by atoms with Crippen molar-refractivity contribution < 1.29 is 14.3 Å². The molecule has 0 bridgehead atoms. The number of anilines is 1. The van der Waals surface area contributed by atoms with Crippen LogP contribution in [0.5, 0.6) is 11.5 Å². The molecular weight excluding hydrogens is 344 g/mol. The van der Waals surface area contributed by atoms with Gasteiger partial charge in [0.05, 0.1) is 37.0 Å². The summed E-state index contributed by atoms with van der Waals surface area (Å²) in [7, 11) is 4.92. The predicted molar refractivity (Wildman–Crippen MR) is 95.5 cm³/mol. The van der Waals surface area contributed by atoms with Gasteiger partial charge >= 0.3 is 0 Å². The minimum absolute atomic E-state index is 0.0777. The molecule has 1 aliphatic rings. The molecule has 1 amide bonds. The van der Waals surface area contributed by atoms with Gasteiger partial charge in [0.1, 0.15) is 11.5 Å². The standard InChI is InChI=1S/C17H21ClN4O3/c1-22-9-10(6-20-22)11-7-19-8-12(11)17(23)21-14-5-15(24-2)13(18)4-16(14)25-3/h4-6,9,11-12,19H,7-8H2,1-3H3,(H,21,23)/t11-,12+/m1/s1. The second-order valence-corrected chi connectivity index (χ2v) is 6.40. The number of aryl methyl sites for hydroxylation is 1. The van der Waals surface area contributed by atoms with Crippen LogP contribution in [0.25, 0.3) is 0 Å². The molecule has 134 valence electrons. The fourth-order valence-electron chi connectivity index (χ4n) is 3.12. The van der Waals surface area contributed by atoms with Crippen LogP contribution in [0.1, 0.15) is 11.5 Å².